The molecule has 0 aromatic carbocycles. The lowest BCUT2D eigenvalue weighted by molar-refractivity contribution is 0.586. The Morgan fingerprint density at radius 3 is 2.29 bits per heavy atom. The van der Waals surface area contributed by atoms with Crippen LogP contribution in [0.3, 0.4) is 0 Å². The number of hydrogen-bond acceptors (Lipinski definition) is 4. The number of aromatic nitrogens is 3. The Morgan fingerprint density at radius 2 is 1.76 bits per heavy atom. The molecule has 2 aromatic heterocycles. The van der Waals surface area contributed by atoms with Crippen molar-refractivity contribution in [2.24, 2.45) is 0 Å². The van der Waals surface area contributed by atoms with Crippen LogP contribution in [-0.2, 0) is 5.41 Å². The summed E-state index contributed by atoms with van der Waals surface area (Å²) in [5.74, 6) is 0. The second-order valence-electron chi connectivity index (χ2n) is 6.44. The van der Waals surface area contributed by atoms with Gasteiger partial charge in [0, 0.05) is 10.7 Å². The molecule has 17 heavy (non-hydrogen) atoms. The fourth-order valence-corrected chi connectivity index (χ4v) is 3.46. The lowest BCUT2D eigenvalue weighted by atomic mass is 9.98. The molecule has 0 aliphatic heterocycles. The highest BCUT2D eigenvalue weighted by molar-refractivity contribution is 7.18. The van der Waals surface area contributed by atoms with Crippen molar-refractivity contribution in [3.8, 4) is 0 Å². The van der Waals surface area contributed by atoms with E-state index in [9.17, 15) is 0 Å². The second-order valence-corrected chi connectivity index (χ2v) is 12.5. The van der Waals surface area contributed by atoms with Gasteiger partial charge < -0.3 is 0 Å². The maximum Gasteiger partial charge on any atom is 0.192 e. The van der Waals surface area contributed by atoms with Gasteiger partial charge in [0.05, 0.1) is 4.70 Å². The minimum absolute atomic E-state index is 0.0880. The van der Waals surface area contributed by atoms with Gasteiger partial charge in [0.25, 0.3) is 0 Å². The molecule has 2 rings (SSSR count). The molecule has 0 aliphatic rings. The smallest absolute Gasteiger partial charge is 0.192 e. The van der Waals surface area contributed by atoms with Gasteiger partial charge >= 0.3 is 0 Å². The van der Waals surface area contributed by atoms with Crippen molar-refractivity contribution < 1.29 is 0 Å². The molecule has 3 nitrogen and oxygen atoms in total. The summed E-state index contributed by atoms with van der Waals surface area (Å²) in [6, 6.07) is 2.18. The summed E-state index contributed by atoms with van der Waals surface area (Å²) in [7, 11) is -1.38. The molecule has 2 aromatic rings. The molecular formula is C12H19N3SSi. The maximum atomic E-state index is 4.57. The largest absolute Gasteiger partial charge is 0.219 e. The van der Waals surface area contributed by atoms with E-state index < -0.39 is 8.07 Å². The molecule has 0 aliphatic carbocycles. The van der Waals surface area contributed by atoms with E-state index in [-0.39, 0.29) is 5.41 Å². The van der Waals surface area contributed by atoms with Gasteiger partial charge in [-0.15, -0.1) is 16.4 Å². The average molecular weight is 265 g/mol. The molecule has 0 radical (unpaired) electrons. The third kappa shape index (κ3) is 2.55. The van der Waals surface area contributed by atoms with Gasteiger partial charge in [0.2, 0.25) is 0 Å². The molecule has 0 amide bonds. The molecule has 0 unspecified atom stereocenters. The van der Waals surface area contributed by atoms with Crippen LogP contribution in [0.25, 0.3) is 10.3 Å². The van der Waals surface area contributed by atoms with Gasteiger partial charge in [-0.25, -0.2) is 4.98 Å². The summed E-state index contributed by atoms with van der Waals surface area (Å²) in [5, 5.41) is 10.9. The second kappa shape index (κ2) is 3.85. The highest BCUT2D eigenvalue weighted by atomic mass is 32.1. The lowest BCUT2D eigenvalue weighted by Gasteiger charge is -2.13. The van der Waals surface area contributed by atoms with Crippen LogP contribution in [0.5, 0.6) is 0 Å². The highest BCUT2D eigenvalue weighted by Crippen LogP contribution is 2.29. The van der Waals surface area contributed by atoms with Crippen LogP contribution in [0.15, 0.2) is 6.07 Å². The third-order valence-corrected chi connectivity index (χ3v) is 5.76. The van der Waals surface area contributed by atoms with Crippen LogP contribution in [0.2, 0.25) is 19.6 Å². The Hall–Kier alpha value is -0.813. The minimum Gasteiger partial charge on any atom is -0.219 e. The van der Waals surface area contributed by atoms with Gasteiger partial charge in [-0.05, 0) is 6.07 Å². The van der Waals surface area contributed by atoms with Crippen LogP contribution in [0.1, 0.15) is 25.8 Å². The summed E-state index contributed by atoms with van der Waals surface area (Å²) >= 11 is 1.74. The Labute approximate surface area is 107 Å². The van der Waals surface area contributed by atoms with Gasteiger partial charge in [0.1, 0.15) is 13.1 Å². The maximum absolute atomic E-state index is 4.57. The lowest BCUT2D eigenvalue weighted by Crippen LogP contribution is -2.40. The van der Waals surface area contributed by atoms with E-state index in [1.807, 2.05) is 0 Å². The van der Waals surface area contributed by atoms with Crippen LogP contribution < -0.4 is 5.32 Å². The fourth-order valence-electron chi connectivity index (χ4n) is 1.43. The topological polar surface area (TPSA) is 38.7 Å². The SMILES string of the molecule is CC(C)(C)c1nc2nnc([Si](C)(C)C)cc2s1. The van der Waals surface area contributed by atoms with Crippen molar-refractivity contribution in [1.82, 2.24) is 15.2 Å². The Kier molecular flexibility index (Phi) is 2.86. The Bertz CT molecular complexity index is 537. The van der Waals surface area contributed by atoms with E-state index in [0.29, 0.717) is 0 Å². The van der Waals surface area contributed by atoms with Crippen LogP contribution in [-0.4, -0.2) is 23.3 Å². The van der Waals surface area contributed by atoms with Crippen LogP contribution >= 0.6 is 11.3 Å². The van der Waals surface area contributed by atoms with Crippen molar-refractivity contribution in [1.29, 1.82) is 0 Å². The molecule has 0 spiro atoms. The molecule has 0 N–H and O–H groups in total. The zero-order valence-electron chi connectivity index (χ0n) is 11.3. The summed E-state index contributed by atoms with van der Waals surface area (Å²) in [4.78, 5) is 4.57. The first kappa shape index (κ1) is 12.6. The standard InChI is InChI=1S/C12H19N3SSi/c1-12(2,3)11-13-10-8(16-11)7-9(14-15-10)17(4,5)6/h7H,1-6H3. The third-order valence-electron chi connectivity index (χ3n) is 2.56. The molecule has 0 saturated carbocycles. The number of thiazole rings is 1. The average Bonchev–Trinajstić information content (AvgIpc) is 2.57. The van der Waals surface area contributed by atoms with Crippen molar-refractivity contribution in [2.45, 2.75) is 45.8 Å². The minimum atomic E-state index is -1.38. The summed E-state index contributed by atoms with van der Waals surface area (Å²) in [6.07, 6.45) is 0. The van der Waals surface area contributed by atoms with Gasteiger partial charge in [-0.3, -0.25) is 0 Å². The van der Waals surface area contributed by atoms with Crippen molar-refractivity contribution in [3.63, 3.8) is 0 Å². The van der Waals surface area contributed by atoms with E-state index in [1.54, 1.807) is 11.3 Å². The molecule has 0 bridgehead atoms. The number of rotatable bonds is 1. The van der Waals surface area contributed by atoms with Gasteiger partial charge in [0.15, 0.2) is 5.65 Å². The number of hydrogen-bond donors (Lipinski definition) is 0. The Balaban J connectivity index is 2.56. The van der Waals surface area contributed by atoms with E-state index in [4.69, 9.17) is 0 Å². The first-order valence-electron chi connectivity index (χ1n) is 5.83. The Morgan fingerprint density at radius 1 is 1.12 bits per heavy atom. The first-order chi connectivity index (χ1) is 7.68. The van der Waals surface area contributed by atoms with E-state index in [2.05, 4.69) is 61.7 Å². The molecule has 5 heteroatoms. The highest BCUT2D eigenvalue weighted by Gasteiger charge is 2.23. The molecule has 0 fully saturated rings. The normalized spacial score (nSPS) is 13.3. The predicted octanol–water partition coefficient (Wildman–Crippen LogP) is 2.93. The van der Waals surface area contributed by atoms with Crippen LogP contribution in [0.4, 0.5) is 0 Å². The number of fused-ring (bicyclic) bond motifs is 1. The molecule has 0 atom stereocenters. The van der Waals surface area contributed by atoms with Gasteiger partial charge in [-0.2, -0.15) is 5.10 Å². The summed E-state index contributed by atoms with van der Waals surface area (Å²) in [5.41, 5.74) is 0.881. The van der Waals surface area contributed by atoms with E-state index >= 15 is 0 Å². The van der Waals surface area contributed by atoms with E-state index in [0.717, 1.165) is 16.0 Å². The quantitative estimate of drug-likeness (QED) is 0.744. The number of nitrogens with zero attached hydrogens (tertiary/aromatic N) is 3. The zero-order chi connectivity index (χ0) is 12.8. The summed E-state index contributed by atoms with van der Waals surface area (Å²) in [6.45, 7) is 13.4. The molecular weight excluding hydrogens is 246 g/mol. The van der Waals surface area contributed by atoms with Crippen molar-refractivity contribution in [2.75, 3.05) is 0 Å². The van der Waals surface area contributed by atoms with Crippen molar-refractivity contribution in [3.05, 3.63) is 11.1 Å². The predicted molar refractivity (Wildman–Crippen MR) is 76.9 cm³/mol. The zero-order valence-corrected chi connectivity index (χ0v) is 13.1. The summed E-state index contributed by atoms with van der Waals surface area (Å²) < 4.78 is 1.17. The monoisotopic (exact) mass is 265 g/mol. The van der Waals surface area contributed by atoms with Crippen LogP contribution in [0, 0.1) is 0 Å². The van der Waals surface area contributed by atoms with Gasteiger partial charge in [-0.1, -0.05) is 40.4 Å². The first-order valence-corrected chi connectivity index (χ1v) is 10.1. The fraction of sp³-hybridized carbons (Fsp3) is 0.583. The van der Waals surface area contributed by atoms with E-state index in [1.165, 1.54) is 4.70 Å². The molecule has 0 saturated heterocycles. The molecule has 2 heterocycles. The molecule has 92 valence electrons. The van der Waals surface area contributed by atoms with Crippen molar-refractivity contribution >= 4 is 35.1 Å².